The minimum atomic E-state index is -0.692. The van der Waals surface area contributed by atoms with Gasteiger partial charge in [-0.1, -0.05) is 36.1 Å². The van der Waals surface area contributed by atoms with Crippen LogP contribution in [0.2, 0.25) is 0 Å². The third kappa shape index (κ3) is 5.41. The Bertz CT molecular complexity index is 1590. The van der Waals surface area contributed by atoms with Gasteiger partial charge in [0.1, 0.15) is 12.4 Å². The predicted octanol–water partition coefficient (Wildman–Crippen LogP) is 3.98. The summed E-state index contributed by atoms with van der Waals surface area (Å²) >= 11 is 3.43. The molecule has 0 bridgehead atoms. The Balaban J connectivity index is 1.89. The number of methoxy groups -OCH3 is 2. The number of rotatable bonds is 9. The molecule has 3 aromatic rings. The lowest BCUT2D eigenvalue weighted by atomic mass is 9.96. The van der Waals surface area contributed by atoms with Crippen molar-refractivity contribution in [3.05, 3.63) is 94.7 Å². The first-order valence-corrected chi connectivity index (χ1v) is 13.7. The van der Waals surface area contributed by atoms with Crippen LogP contribution in [-0.4, -0.2) is 38.0 Å². The standard InChI is InChI=1S/C28H27IN2O6S/c1-6-12-37-25-20(29)13-17(14-21(25)35-5)15-22-26(32)31-24(18-8-10-19(34-4)11-9-18)23(27(33)36-7-2)16(3)30-28(31)38-22/h6,8-11,13-15,24H,1,7,12H2,2-5H3/b22-15-. The second-order valence-corrected chi connectivity index (χ2v) is 10.4. The van der Waals surface area contributed by atoms with Crippen molar-refractivity contribution in [3.63, 3.8) is 0 Å². The molecule has 0 aliphatic carbocycles. The Morgan fingerprint density at radius 1 is 1.21 bits per heavy atom. The summed E-state index contributed by atoms with van der Waals surface area (Å²) in [5.74, 6) is 1.33. The van der Waals surface area contributed by atoms with Crippen LogP contribution in [0.15, 0.2) is 70.1 Å². The first-order valence-electron chi connectivity index (χ1n) is 11.8. The number of halogens is 1. The van der Waals surface area contributed by atoms with Gasteiger partial charge in [-0.05, 0) is 77.9 Å². The van der Waals surface area contributed by atoms with Crippen LogP contribution in [0, 0.1) is 3.57 Å². The molecule has 10 heteroatoms. The molecule has 2 aromatic carbocycles. The van der Waals surface area contributed by atoms with Crippen molar-refractivity contribution in [1.82, 2.24) is 4.57 Å². The first-order chi connectivity index (χ1) is 18.3. The van der Waals surface area contributed by atoms with Gasteiger partial charge in [0.2, 0.25) is 0 Å². The van der Waals surface area contributed by atoms with Crippen LogP contribution in [0.3, 0.4) is 0 Å². The molecular weight excluding hydrogens is 619 g/mol. The van der Waals surface area contributed by atoms with E-state index in [9.17, 15) is 9.59 Å². The zero-order valence-corrected chi connectivity index (χ0v) is 24.4. The topological polar surface area (TPSA) is 88.4 Å². The van der Waals surface area contributed by atoms with Crippen LogP contribution >= 0.6 is 33.9 Å². The van der Waals surface area contributed by atoms with Gasteiger partial charge in [0.05, 0.1) is 46.2 Å². The fraction of sp³-hybridized carbons (Fsp3) is 0.250. The number of aromatic nitrogens is 1. The number of benzene rings is 2. The van der Waals surface area contributed by atoms with E-state index in [-0.39, 0.29) is 12.2 Å². The third-order valence-electron chi connectivity index (χ3n) is 5.84. The molecule has 0 radical (unpaired) electrons. The van der Waals surface area contributed by atoms with Gasteiger partial charge >= 0.3 is 5.97 Å². The fourth-order valence-corrected chi connectivity index (χ4v) is 5.98. The van der Waals surface area contributed by atoms with E-state index in [1.165, 1.54) is 11.3 Å². The van der Waals surface area contributed by atoms with E-state index in [4.69, 9.17) is 18.9 Å². The number of thiazole rings is 1. The number of esters is 1. The smallest absolute Gasteiger partial charge is 0.338 e. The van der Waals surface area contributed by atoms with E-state index >= 15 is 0 Å². The maximum atomic E-state index is 13.8. The number of nitrogens with zero attached hydrogens (tertiary/aromatic N) is 2. The minimum absolute atomic E-state index is 0.211. The van der Waals surface area contributed by atoms with Crippen LogP contribution in [0.25, 0.3) is 6.08 Å². The largest absolute Gasteiger partial charge is 0.497 e. The molecule has 38 heavy (non-hydrogen) atoms. The molecule has 1 unspecified atom stereocenters. The molecule has 2 heterocycles. The summed E-state index contributed by atoms with van der Waals surface area (Å²) in [6.45, 7) is 7.75. The van der Waals surface area contributed by atoms with Gasteiger partial charge in [-0.3, -0.25) is 9.36 Å². The lowest BCUT2D eigenvalue weighted by Gasteiger charge is -2.24. The van der Waals surface area contributed by atoms with Gasteiger partial charge in [0, 0.05) is 0 Å². The van der Waals surface area contributed by atoms with Crippen LogP contribution in [0.5, 0.6) is 17.2 Å². The second-order valence-electron chi connectivity index (χ2n) is 8.21. The monoisotopic (exact) mass is 646 g/mol. The number of hydrogen-bond donors (Lipinski definition) is 0. The fourth-order valence-electron chi connectivity index (χ4n) is 4.15. The highest BCUT2D eigenvalue weighted by Gasteiger charge is 2.33. The van der Waals surface area contributed by atoms with Gasteiger partial charge in [0.25, 0.3) is 5.56 Å². The van der Waals surface area contributed by atoms with E-state index in [0.717, 1.165) is 14.7 Å². The van der Waals surface area contributed by atoms with E-state index < -0.39 is 12.0 Å². The molecule has 0 amide bonds. The molecule has 1 atom stereocenters. The summed E-state index contributed by atoms with van der Waals surface area (Å²) in [6, 6.07) is 10.3. The van der Waals surface area contributed by atoms with Crippen molar-refractivity contribution in [2.45, 2.75) is 19.9 Å². The lowest BCUT2D eigenvalue weighted by molar-refractivity contribution is -0.139. The third-order valence-corrected chi connectivity index (χ3v) is 7.63. The molecule has 0 N–H and O–H groups in total. The first kappa shape index (κ1) is 27.6. The number of carbonyl (C=O) groups excluding carboxylic acids is 1. The molecule has 0 fully saturated rings. The average molecular weight is 647 g/mol. The molecule has 1 aliphatic heterocycles. The van der Waals surface area contributed by atoms with Crippen LogP contribution in [0.1, 0.15) is 31.0 Å². The summed E-state index contributed by atoms with van der Waals surface area (Å²) < 4.78 is 24.8. The van der Waals surface area contributed by atoms with E-state index in [1.54, 1.807) is 56.9 Å². The molecule has 0 spiro atoms. The van der Waals surface area contributed by atoms with Gasteiger partial charge in [-0.25, -0.2) is 9.79 Å². The Kier molecular flexibility index (Phi) is 8.72. The Morgan fingerprint density at radius 2 is 1.95 bits per heavy atom. The SMILES string of the molecule is C=CCOc1c(I)cc(/C=c2\sc3n(c2=O)C(c2ccc(OC)cc2)C(C(=O)OCC)=C(C)N=3)cc1OC. The maximum absolute atomic E-state index is 13.8. The summed E-state index contributed by atoms with van der Waals surface area (Å²) in [5, 5.41) is 0. The van der Waals surface area contributed by atoms with E-state index in [2.05, 4.69) is 34.2 Å². The molecule has 0 saturated heterocycles. The number of hydrogen-bond acceptors (Lipinski definition) is 8. The number of fused-ring (bicyclic) bond motifs is 1. The summed E-state index contributed by atoms with van der Waals surface area (Å²) in [6.07, 6.45) is 3.45. The average Bonchev–Trinajstić information content (AvgIpc) is 3.21. The summed E-state index contributed by atoms with van der Waals surface area (Å²) in [5.41, 5.74) is 2.10. The molecule has 8 nitrogen and oxygen atoms in total. The Hall–Kier alpha value is -3.38. The zero-order valence-electron chi connectivity index (χ0n) is 21.4. The number of allylic oxidation sites excluding steroid dienone is 1. The predicted molar refractivity (Wildman–Crippen MR) is 155 cm³/mol. The Labute approximate surface area is 237 Å². The minimum Gasteiger partial charge on any atom is -0.497 e. The molecule has 4 rings (SSSR count). The molecule has 0 saturated carbocycles. The molecular formula is C28H27IN2O6S. The highest BCUT2D eigenvalue weighted by Crippen LogP contribution is 2.34. The van der Waals surface area contributed by atoms with Gasteiger partial charge in [-0.2, -0.15) is 0 Å². The summed E-state index contributed by atoms with van der Waals surface area (Å²) in [7, 11) is 3.15. The van der Waals surface area contributed by atoms with Crippen molar-refractivity contribution in [2.75, 3.05) is 27.4 Å². The molecule has 1 aromatic heterocycles. The number of ether oxygens (including phenoxy) is 4. The van der Waals surface area contributed by atoms with Crippen LogP contribution in [0.4, 0.5) is 0 Å². The van der Waals surface area contributed by atoms with Crippen molar-refractivity contribution in [2.24, 2.45) is 4.99 Å². The van der Waals surface area contributed by atoms with Crippen molar-refractivity contribution >= 4 is 46.0 Å². The van der Waals surface area contributed by atoms with E-state index in [0.29, 0.717) is 44.5 Å². The Morgan fingerprint density at radius 3 is 2.58 bits per heavy atom. The highest BCUT2D eigenvalue weighted by atomic mass is 127. The van der Waals surface area contributed by atoms with Crippen molar-refractivity contribution in [1.29, 1.82) is 0 Å². The highest BCUT2D eigenvalue weighted by molar-refractivity contribution is 14.1. The van der Waals surface area contributed by atoms with Crippen LogP contribution < -0.4 is 29.1 Å². The zero-order chi connectivity index (χ0) is 27.4. The lowest BCUT2D eigenvalue weighted by Crippen LogP contribution is -2.39. The second kappa shape index (κ2) is 12.0. The number of carbonyl (C=O) groups is 1. The van der Waals surface area contributed by atoms with Gasteiger partial charge in [-0.15, -0.1) is 0 Å². The summed E-state index contributed by atoms with van der Waals surface area (Å²) in [4.78, 5) is 32.0. The van der Waals surface area contributed by atoms with Crippen molar-refractivity contribution in [3.8, 4) is 17.2 Å². The molecule has 198 valence electrons. The normalized spacial score (nSPS) is 15.0. The van der Waals surface area contributed by atoms with Crippen molar-refractivity contribution < 1.29 is 23.7 Å². The van der Waals surface area contributed by atoms with Gasteiger partial charge < -0.3 is 18.9 Å². The van der Waals surface area contributed by atoms with Crippen LogP contribution in [-0.2, 0) is 9.53 Å². The van der Waals surface area contributed by atoms with E-state index in [1.807, 2.05) is 24.3 Å². The maximum Gasteiger partial charge on any atom is 0.338 e. The molecule has 1 aliphatic rings. The quantitative estimate of drug-likeness (QED) is 0.199. The van der Waals surface area contributed by atoms with Gasteiger partial charge in [0.15, 0.2) is 16.3 Å².